The molecule has 0 fully saturated rings. The summed E-state index contributed by atoms with van der Waals surface area (Å²) in [7, 11) is 0. The third-order valence-corrected chi connectivity index (χ3v) is 1.78. The van der Waals surface area contributed by atoms with Gasteiger partial charge in [0.15, 0.2) is 0 Å². The molecular formula is C9H16O2. The first-order valence-corrected chi connectivity index (χ1v) is 4.16. The number of Topliss-reactive ketones (excluding diaryl/α,β-unsaturated/α-hetero) is 2. The lowest BCUT2D eigenvalue weighted by Gasteiger charge is -2.07. The Kier molecular flexibility index (Phi) is 4.75. The Bertz CT molecular complexity index is 150. The second-order valence-electron chi connectivity index (χ2n) is 2.79. The van der Waals surface area contributed by atoms with E-state index in [0.717, 1.165) is 6.42 Å². The van der Waals surface area contributed by atoms with Crippen molar-refractivity contribution >= 4 is 11.6 Å². The first-order chi connectivity index (χ1) is 5.13. The summed E-state index contributed by atoms with van der Waals surface area (Å²) in [6.45, 7) is 5.31. The van der Waals surface area contributed by atoms with Crippen molar-refractivity contribution < 1.29 is 9.59 Å². The zero-order chi connectivity index (χ0) is 8.85. The molecule has 0 aromatic rings. The van der Waals surface area contributed by atoms with Crippen molar-refractivity contribution in [2.75, 3.05) is 0 Å². The van der Waals surface area contributed by atoms with E-state index in [9.17, 15) is 9.59 Å². The molecule has 0 aromatic heterocycles. The van der Waals surface area contributed by atoms with Crippen LogP contribution in [0.4, 0.5) is 0 Å². The molecule has 0 spiro atoms. The molecule has 0 N–H and O–H groups in total. The molecule has 2 nitrogen and oxygen atoms in total. The minimum Gasteiger partial charge on any atom is -0.299 e. The standard InChI is InChI=1S/C9H16O2/c1-4-6-9(11)8(5-2)7(3)10/h8H,4-6H2,1-3H3. The molecule has 0 aliphatic rings. The van der Waals surface area contributed by atoms with Gasteiger partial charge in [0, 0.05) is 6.42 Å². The minimum absolute atomic E-state index is 0.00551. The molecule has 0 amide bonds. The van der Waals surface area contributed by atoms with E-state index in [-0.39, 0.29) is 17.5 Å². The summed E-state index contributed by atoms with van der Waals surface area (Å²) < 4.78 is 0. The molecule has 0 saturated heterocycles. The van der Waals surface area contributed by atoms with Gasteiger partial charge in [0.05, 0.1) is 5.92 Å². The van der Waals surface area contributed by atoms with E-state index in [1.807, 2.05) is 13.8 Å². The highest BCUT2D eigenvalue weighted by molar-refractivity contribution is 6.01. The molecule has 1 atom stereocenters. The zero-order valence-corrected chi connectivity index (χ0v) is 7.52. The predicted octanol–water partition coefficient (Wildman–Crippen LogP) is 1.97. The van der Waals surface area contributed by atoms with Gasteiger partial charge in [0.1, 0.15) is 11.6 Å². The Morgan fingerprint density at radius 2 is 1.82 bits per heavy atom. The summed E-state index contributed by atoms with van der Waals surface area (Å²) in [6, 6.07) is 0. The van der Waals surface area contributed by atoms with Crippen LogP contribution in [0.3, 0.4) is 0 Å². The van der Waals surface area contributed by atoms with Crippen molar-refractivity contribution in [1.29, 1.82) is 0 Å². The quantitative estimate of drug-likeness (QED) is 0.570. The highest BCUT2D eigenvalue weighted by Crippen LogP contribution is 2.09. The zero-order valence-electron chi connectivity index (χ0n) is 7.52. The van der Waals surface area contributed by atoms with Crippen molar-refractivity contribution in [3.8, 4) is 0 Å². The number of hydrogen-bond donors (Lipinski definition) is 0. The van der Waals surface area contributed by atoms with E-state index >= 15 is 0 Å². The van der Waals surface area contributed by atoms with Crippen molar-refractivity contribution in [2.45, 2.75) is 40.0 Å². The van der Waals surface area contributed by atoms with E-state index in [4.69, 9.17) is 0 Å². The van der Waals surface area contributed by atoms with Gasteiger partial charge >= 0.3 is 0 Å². The van der Waals surface area contributed by atoms with Crippen LogP contribution in [-0.2, 0) is 9.59 Å². The Morgan fingerprint density at radius 1 is 1.27 bits per heavy atom. The van der Waals surface area contributed by atoms with Crippen LogP contribution in [0.2, 0.25) is 0 Å². The number of rotatable bonds is 5. The van der Waals surface area contributed by atoms with Crippen molar-refractivity contribution in [1.82, 2.24) is 0 Å². The van der Waals surface area contributed by atoms with Crippen LogP contribution < -0.4 is 0 Å². The van der Waals surface area contributed by atoms with Gasteiger partial charge in [-0.25, -0.2) is 0 Å². The molecule has 11 heavy (non-hydrogen) atoms. The normalized spacial score (nSPS) is 12.6. The Labute approximate surface area is 68.0 Å². The molecule has 0 heterocycles. The van der Waals surface area contributed by atoms with E-state index in [2.05, 4.69) is 0 Å². The minimum atomic E-state index is -0.338. The third-order valence-electron chi connectivity index (χ3n) is 1.78. The molecule has 0 bridgehead atoms. The summed E-state index contributed by atoms with van der Waals surface area (Å²) in [5.74, 6) is -0.233. The number of ketones is 2. The summed E-state index contributed by atoms with van der Waals surface area (Å²) in [6.07, 6.45) is 2.02. The summed E-state index contributed by atoms with van der Waals surface area (Å²) in [5, 5.41) is 0. The number of carbonyl (C=O) groups excluding carboxylic acids is 2. The molecule has 2 heteroatoms. The Morgan fingerprint density at radius 3 is 2.09 bits per heavy atom. The lowest BCUT2D eigenvalue weighted by atomic mass is 9.94. The lowest BCUT2D eigenvalue weighted by molar-refractivity contribution is -0.131. The van der Waals surface area contributed by atoms with Gasteiger partial charge in [-0.05, 0) is 19.8 Å². The predicted molar refractivity (Wildman–Crippen MR) is 44.4 cm³/mol. The largest absolute Gasteiger partial charge is 0.299 e. The van der Waals surface area contributed by atoms with Crippen molar-refractivity contribution in [3.05, 3.63) is 0 Å². The second-order valence-corrected chi connectivity index (χ2v) is 2.79. The van der Waals surface area contributed by atoms with Crippen LogP contribution in [-0.4, -0.2) is 11.6 Å². The molecule has 0 aromatic carbocycles. The van der Waals surface area contributed by atoms with Gasteiger partial charge in [-0.1, -0.05) is 13.8 Å². The van der Waals surface area contributed by atoms with Gasteiger partial charge in [-0.2, -0.15) is 0 Å². The fraction of sp³-hybridized carbons (Fsp3) is 0.778. The van der Waals surface area contributed by atoms with Gasteiger partial charge in [-0.15, -0.1) is 0 Å². The maximum absolute atomic E-state index is 11.2. The monoisotopic (exact) mass is 156 g/mol. The van der Waals surface area contributed by atoms with Gasteiger partial charge in [-0.3, -0.25) is 9.59 Å². The van der Waals surface area contributed by atoms with E-state index in [1.165, 1.54) is 6.92 Å². The van der Waals surface area contributed by atoms with Crippen LogP contribution in [0.5, 0.6) is 0 Å². The van der Waals surface area contributed by atoms with E-state index in [1.54, 1.807) is 0 Å². The fourth-order valence-corrected chi connectivity index (χ4v) is 1.16. The van der Waals surface area contributed by atoms with E-state index < -0.39 is 0 Å². The van der Waals surface area contributed by atoms with Crippen LogP contribution in [0.25, 0.3) is 0 Å². The van der Waals surface area contributed by atoms with Crippen LogP contribution in [0.15, 0.2) is 0 Å². The molecule has 0 saturated carbocycles. The smallest absolute Gasteiger partial charge is 0.143 e. The van der Waals surface area contributed by atoms with Crippen molar-refractivity contribution in [3.63, 3.8) is 0 Å². The highest BCUT2D eigenvalue weighted by atomic mass is 16.1. The topological polar surface area (TPSA) is 34.1 Å². The Balaban J connectivity index is 4.03. The highest BCUT2D eigenvalue weighted by Gasteiger charge is 2.19. The maximum Gasteiger partial charge on any atom is 0.143 e. The lowest BCUT2D eigenvalue weighted by Crippen LogP contribution is -2.20. The first-order valence-electron chi connectivity index (χ1n) is 4.16. The van der Waals surface area contributed by atoms with E-state index in [0.29, 0.717) is 12.8 Å². The second kappa shape index (κ2) is 5.05. The molecule has 0 aliphatic heterocycles. The van der Waals surface area contributed by atoms with Crippen LogP contribution in [0.1, 0.15) is 40.0 Å². The average Bonchev–Trinajstić information content (AvgIpc) is 1.88. The SMILES string of the molecule is CCCC(=O)C(CC)C(C)=O. The van der Waals surface area contributed by atoms with Crippen LogP contribution in [0, 0.1) is 5.92 Å². The molecule has 0 radical (unpaired) electrons. The molecule has 0 rings (SSSR count). The first kappa shape index (κ1) is 10.3. The number of carbonyl (C=O) groups is 2. The van der Waals surface area contributed by atoms with Crippen molar-refractivity contribution in [2.24, 2.45) is 5.92 Å². The fourth-order valence-electron chi connectivity index (χ4n) is 1.16. The summed E-state index contributed by atoms with van der Waals surface area (Å²) in [5.41, 5.74) is 0. The Hall–Kier alpha value is -0.660. The molecular weight excluding hydrogens is 140 g/mol. The molecule has 64 valence electrons. The number of hydrogen-bond acceptors (Lipinski definition) is 2. The van der Waals surface area contributed by atoms with Crippen LogP contribution >= 0.6 is 0 Å². The molecule has 1 unspecified atom stereocenters. The van der Waals surface area contributed by atoms with Gasteiger partial charge < -0.3 is 0 Å². The average molecular weight is 156 g/mol. The summed E-state index contributed by atoms with van der Waals surface area (Å²) >= 11 is 0. The maximum atomic E-state index is 11.2. The van der Waals surface area contributed by atoms with Gasteiger partial charge in [0.2, 0.25) is 0 Å². The van der Waals surface area contributed by atoms with Gasteiger partial charge in [0.25, 0.3) is 0 Å². The molecule has 0 aliphatic carbocycles. The summed E-state index contributed by atoms with van der Waals surface area (Å²) in [4.78, 5) is 22.1. The third kappa shape index (κ3) is 3.30.